The molecule has 0 fully saturated rings. The molecule has 0 atom stereocenters. The van der Waals surface area contributed by atoms with Crippen LogP contribution in [0.4, 0.5) is 0 Å². The third-order valence-corrected chi connectivity index (χ3v) is 3.41. The summed E-state index contributed by atoms with van der Waals surface area (Å²) in [4.78, 5) is 16.2. The minimum Gasteiger partial charge on any atom is -0.403 e. The van der Waals surface area contributed by atoms with Gasteiger partial charge in [-0.2, -0.15) is 0 Å². The van der Waals surface area contributed by atoms with Gasteiger partial charge in [-0.25, -0.2) is 9.79 Å². The molecule has 24 heavy (non-hydrogen) atoms. The molecule has 0 N–H and O–H groups in total. The molecule has 0 saturated carbocycles. The Hall–Kier alpha value is -3.20. The van der Waals surface area contributed by atoms with Gasteiger partial charge in [0.05, 0.1) is 0 Å². The van der Waals surface area contributed by atoms with Gasteiger partial charge in [-0.15, -0.1) is 0 Å². The van der Waals surface area contributed by atoms with E-state index in [-0.39, 0.29) is 0 Å². The number of esters is 1. The summed E-state index contributed by atoms with van der Waals surface area (Å²) in [7, 11) is 0. The van der Waals surface area contributed by atoms with E-state index >= 15 is 0 Å². The van der Waals surface area contributed by atoms with Crippen LogP contribution in [0, 0.1) is 0 Å². The maximum absolute atomic E-state index is 11.9. The average Bonchev–Trinajstić information content (AvgIpc) is 2.94. The maximum Gasteiger partial charge on any atom is 0.363 e. The molecule has 118 valence electrons. The van der Waals surface area contributed by atoms with Crippen molar-refractivity contribution in [3.8, 4) is 0 Å². The Labute approximate surface area is 141 Å². The molecule has 0 aliphatic carbocycles. The molecule has 1 aliphatic rings. The Morgan fingerprint density at radius 3 is 2.21 bits per heavy atom. The molecule has 2 aromatic rings. The van der Waals surface area contributed by atoms with Gasteiger partial charge >= 0.3 is 5.97 Å². The standard InChI is InChI=1S/C21H17NO2/c1-16(14-18-10-6-3-7-11-18)15-19-21(23)24-20(22-19)13-12-17-8-4-2-5-9-17/h2-15H,1H3/b13-12+,16-14+,19-15-. The van der Waals surface area contributed by atoms with Gasteiger partial charge in [0.25, 0.3) is 0 Å². The van der Waals surface area contributed by atoms with Gasteiger partial charge in [0.2, 0.25) is 5.90 Å². The monoisotopic (exact) mass is 315 g/mol. The minimum absolute atomic E-state index is 0.308. The molecule has 0 amide bonds. The molecule has 3 nitrogen and oxygen atoms in total. The van der Waals surface area contributed by atoms with Crippen LogP contribution >= 0.6 is 0 Å². The Morgan fingerprint density at radius 2 is 1.54 bits per heavy atom. The van der Waals surface area contributed by atoms with Gasteiger partial charge in [0, 0.05) is 6.08 Å². The van der Waals surface area contributed by atoms with Gasteiger partial charge in [-0.05, 0) is 35.8 Å². The Bertz CT molecular complexity index is 844. The second-order valence-corrected chi connectivity index (χ2v) is 5.41. The minimum atomic E-state index is -0.427. The van der Waals surface area contributed by atoms with Crippen LogP contribution in [0.2, 0.25) is 0 Å². The predicted molar refractivity (Wildman–Crippen MR) is 97.2 cm³/mol. The van der Waals surface area contributed by atoms with Crippen LogP contribution in [0.15, 0.2) is 89.1 Å². The number of carbonyl (C=O) groups is 1. The van der Waals surface area contributed by atoms with Crippen molar-refractivity contribution >= 4 is 24.0 Å². The molecule has 3 rings (SSSR count). The van der Waals surface area contributed by atoms with Gasteiger partial charge in [0.1, 0.15) is 0 Å². The average molecular weight is 315 g/mol. The molecule has 0 spiro atoms. The molecule has 0 aromatic heterocycles. The summed E-state index contributed by atoms with van der Waals surface area (Å²) < 4.78 is 5.18. The summed E-state index contributed by atoms with van der Waals surface area (Å²) in [6.45, 7) is 1.93. The number of hydrogen-bond donors (Lipinski definition) is 0. The van der Waals surface area contributed by atoms with E-state index in [0.717, 1.165) is 16.7 Å². The van der Waals surface area contributed by atoms with E-state index in [1.807, 2.05) is 79.7 Å². The number of rotatable bonds is 4. The van der Waals surface area contributed by atoms with Gasteiger partial charge < -0.3 is 4.74 Å². The molecular weight excluding hydrogens is 298 g/mol. The molecule has 0 bridgehead atoms. The number of aliphatic imine (C=N–C) groups is 1. The van der Waals surface area contributed by atoms with E-state index in [1.54, 1.807) is 12.2 Å². The SMILES string of the molecule is CC(/C=C1N=C(/C=C/c2ccccc2)OC\1=O)=C\c1ccccc1. The first-order chi connectivity index (χ1) is 11.7. The first kappa shape index (κ1) is 15.7. The predicted octanol–water partition coefficient (Wildman–Crippen LogP) is 4.64. The number of ether oxygens (including phenoxy) is 1. The van der Waals surface area contributed by atoms with Gasteiger partial charge in [-0.1, -0.05) is 66.7 Å². The number of cyclic esters (lactones) is 1. The lowest BCUT2D eigenvalue weighted by molar-refractivity contribution is -0.129. The Morgan fingerprint density at radius 1 is 0.917 bits per heavy atom. The second kappa shape index (κ2) is 7.38. The largest absolute Gasteiger partial charge is 0.403 e. The zero-order valence-electron chi connectivity index (χ0n) is 13.3. The zero-order chi connectivity index (χ0) is 16.8. The quantitative estimate of drug-likeness (QED) is 0.609. The summed E-state index contributed by atoms with van der Waals surface area (Å²) in [5.41, 5.74) is 3.35. The van der Waals surface area contributed by atoms with Crippen molar-refractivity contribution in [2.45, 2.75) is 6.92 Å². The highest BCUT2D eigenvalue weighted by Crippen LogP contribution is 2.16. The molecular formula is C21H17NO2. The number of nitrogens with zero attached hydrogens (tertiary/aromatic N) is 1. The first-order valence-corrected chi connectivity index (χ1v) is 7.70. The first-order valence-electron chi connectivity index (χ1n) is 7.70. The maximum atomic E-state index is 11.9. The fourth-order valence-corrected chi connectivity index (χ4v) is 2.30. The van der Waals surface area contributed by atoms with Crippen molar-refractivity contribution in [1.29, 1.82) is 0 Å². The third kappa shape index (κ3) is 4.17. The smallest absolute Gasteiger partial charge is 0.363 e. The lowest BCUT2D eigenvalue weighted by Crippen LogP contribution is -2.01. The highest BCUT2D eigenvalue weighted by Gasteiger charge is 2.20. The fourth-order valence-electron chi connectivity index (χ4n) is 2.30. The van der Waals surface area contributed by atoms with Crippen molar-refractivity contribution in [2.75, 3.05) is 0 Å². The number of hydrogen-bond acceptors (Lipinski definition) is 3. The summed E-state index contributed by atoms with van der Waals surface area (Å²) in [5, 5.41) is 0. The van der Waals surface area contributed by atoms with Crippen molar-refractivity contribution in [3.63, 3.8) is 0 Å². The van der Waals surface area contributed by atoms with E-state index in [0.29, 0.717) is 11.6 Å². The van der Waals surface area contributed by atoms with Crippen LogP contribution in [-0.2, 0) is 9.53 Å². The lowest BCUT2D eigenvalue weighted by Gasteiger charge is -1.95. The number of allylic oxidation sites excluding steroid dienone is 2. The third-order valence-electron chi connectivity index (χ3n) is 3.41. The summed E-state index contributed by atoms with van der Waals surface area (Å²) >= 11 is 0. The second-order valence-electron chi connectivity index (χ2n) is 5.41. The summed E-state index contributed by atoms with van der Waals surface area (Å²) in [6, 6.07) is 19.7. The van der Waals surface area contributed by atoms with Crippen molar-refractivity contribution in [3.05, 3.63) is 95.2 Å². The van der Waals surface area contributed by atoms with E-state index in [9.17, 15) is 4.79 Å². The van der Waals surface area contributed by atoms with Crippen LogP contribution in [0.5, 0.6) is 0 Å². The molecule has 1 aliphatic heterocycles. The molecule has 0 radical (unpaired) electrons. The van der Waals surface area contributed by atoms with Gasteiger partial charge in [0.15, 0.2) is 5.70 Å². The lowest BCUT2D eigenvalue weighted by atomic mass is 10.1. The van der Waals surface area contributed by atoms with E-state index in [1.165, 1.54) is 0 Å². The highest BCUT2D eigenvalue weighted by molar-refractivity contribution is 6.10. The number of carbonyl (C=O) groups excluding carboxylic acids is 1. The van der Waals surface area contributed by atoms with E-state index in [2.05, 4.69) is 4.99 Å². The van der Waals surface area contributed by atoms with Crippen LogP contribution < -0.4 is 0 Å². The fraction of sp³-hybridized carbons (Fsp3) is 0.0476. The topological polar surface area (TPSA) is 38.7 Å². The van der Waals surface area contributed by atoms with Crippen LogP contribution in [0.3, 0.4) is 0 Å². The van der Waals surface area contributed by atoms with Crippen molar-refractivity contribution in [2.24, 2.45) is 4.99 Å². The highest BCUT2D eigenvalue weighted by atomic mass is 16.6. The van der Waals surface area contributed by atoms with E-state index in [4.69, 9.17) is 4.74 Å². The van der Waals surface area contributed by atoms with Gasteiger partial charge in [-0.3, -0.25) is 0 Å². The summed E-state index contributed by atoms with van der Waals surface area (Å²) in [6.07, 6.45) is 7.29. The van der Waals surface area contributed by atoms with Crippen LogP contribution in [0.1, 0.15) is 18.1 Å². The Balaban J connectivity index is 1.76. The van der Waals surface area contributed by atoms with Crippen molar-refractivity contribution in [1.82, 2.24) is 0 Å². The normalized spacial score (nSPS) is 16.5. The van der Waals surface area contributed by atoms with Crippen LogP contribution in [0.25, 0.3) is 12.2 Å². The molecule has 1 heterocycles. The van der Waals surface area contributed by atoms with Crippen LogP contribution in [-0.4, -0.2) is 11.9 Å². The molecule has 2 aromatic carbocycles. The summed E-state index contributed by atoms with van der Waals surface area (Å²) in [5.74, 6) is -0.119. The number of benzene rings is 2. The van der Waals surface area contributed by atoms with E-state index < -0.39 is 5.97 Å². The molecule has 0 saturated heterocycles. The molecule has 0 unspecified atom stereocenters. The van der Waals surface area contributed by atoms with Crippen molar-refractivity contribution < 1.29 is 9.53 Å². The Kier molecular flexibility index (Phi) is 4.82. The zero-order valence-corrected chi connectivity index (χ0v) is 13.3. The molecule has 3 heteroatoms.